The van der Waals surface area contributed by atoms with E-state index in [1.165, 1.54) is 0 Å². The van der Waals surface area contributed by atoms with Gasteiger partial charge in [0.05, 0.1) is 6.26 Å². The zero-order valence-electron chi connectivity index (χ0n) is 8.84. The van der Waals surface area contributed by atoms with Crippen molar-refractivity contribution in [2.24, 2.45) is 0 Å². The Morgan fingerprint density at radius 1 is 1.29 bits per heavy atom. The monoisotopic (exact) mass is 280 g/mol. The molecule has 17 heavy (non-hydrogen) atoms. The molecule has 0 radical (unpaired) electrons. The third-order valence-corrected chi connectivity index (χ3v) is 2.31. The second kappa shape index (κ2) is 6.15. The van der Waals surface area contributed by atoms with Crippen LogP contribution in [0.5, 0.6) is 0 Å². The summed E-state index contributed by atoms with van der Waals surface area (Å²) in [6, 6.07) is 0. The van der Waals surface area contributed by atoms with E-state index in [1.54, 1.807) is 5.32 Å². The van der Waals surface area contributed by atoms with Gasteiger partial charge in [-0.05, 0) is 6.42 Å². The van der Waals surface area contributed by atoms with Gasteiger partial charge in [-0.2, -0.15) is 8.78 Å². The molecule has 0 rings (SSSR count). The molecule has 0 atom stereocenters. The topological polar surface area (TPSA) is 75.3 Å². The minimum absolute atomic E-state index is 0.0120. The Kier molecular flexibility index (Phi) is 5.82. The molecule has 0 aromatic carbocycles. The summed E-state index contributed by atoms with van der Waals surface area (Å²) in [6.07, 6.45) is -3.16. The lowest BCUT2D eigenvalue weighted by Crippen LogP contribution is -2.45. The number of amides is 1. The average Bonchev–Trinajstić information content (AvgIpc) is 2.14. The first-order valence-electron chi connectivity index (χ1n) is 4.46. The van der Waals surface area contributed by atoms with E-state index in [4.69, 9.17) is 0 Å². The number of nitrogens with one attached hydrogen (secondary N) is 2. The smallest absolute Gasteiger partial charge is 0.351 e. The molecule has 0 spiro atoms. The van der Waals surface area contributed by atoms with E-state index in [2.05, 4.69) is 0 Å². The zero-order valence-corrected chi connectivity index (χ0v) is 9.66. The third kappa shape index (κ3) is 6.41. The Bertz CT molecular complexity index is 358. The van der Waals surface area contributed by atoms with Crippen molar-refractivity contribution in [3.05, 3.63) is 0 Å². The van der Waals surface area contributed by atoms with Crippen molar-refractivity contribution >= 4 is 15.9 Å². The van der Waals surface area contributed by atoms with Crippen molar-refractivity contribution < 1.29 is 30.8 Å². The van der Waals surface area contributed by atoms with Crippen LogP contribution in [0.15, 0.2) is 0 Å². The highest BCUT2D eigenvalue weighted by atomic mass is 32.2. The molecule has 0 aliphatic rings. The molecule has 0 aromatic rings. The predicted octanol–water partition coefficient (Wildman–Crippen LogP) is -0.0577. The maximum Gasteiger partial charge on any atom is 0.383 e. The van der Waals surface area contributed by atoms with Crippen molar-refractivity contribution in [3.63, 3.8) is 0 Å². The Morgan fingerprint density at radius 3 is 2.24 bits per heavy atom. The lowest BCUT2D eigenvalue weighted by molar-refractivity contribution is -0.169. The first-order chi connectivity index (χ1) is 7.57. The lowest BCUT2D eigenvalue weighted by Gasteiger charge is -2.14. The summed E-state index contributed by atoms with van der Waals surface area (Å²) >= 11 is 0. The molecule has 0 fully saturated rings. The van der Waals surface area contributed by atoms with Gasteiger partial charge in [-0.15, -0.1) is 0 Å². The van der Waals surface area contributed by atoms with Gasteiger partial charge in [-0.25, -0.2) is 21.9 Å². The lowest BCUT2D eigenvalue weighted by atomic mass is 10.3. The summed E-state index contributed by atoms with van der Waals surface area (Å²) in [5, 5.41) is 1.59. The molecule has 0 saturated heterocycles. The van der Waals surface area contributed by atoms with Gasteiger partial charge < -0.3 is 5.32 Å². The van der Waals surface area contributed by atoms with Gasteiger partial charge in [0.2, 0.25) is 10.0 Å². The summed E-state index contributed by atoms with van der Waals surface area (Å²) in [5.74, 6) is -6.81. The Hall–Kier alpha value is -0.900. The van der Waals surface area contributed by atoms with Crippen LogP contribution in [0, 0.1) is 0 Å². The molecule has 10 heteroatoms. The molecular weight excluding hydrogens is 268 g/mol. The first kappa shape index (κ1) is 16.1. The largest absolute Gasteiger partial charge is 0.383 e. The Balaban J connectivity index is 3.88. The molecule has 0 bridgehead atoms. The standard InChI is InChI=1S/C7H12F4N2O3S/c1-17(15,16)13-4-2-3-12-6(14)7(10,11)5(8)9/h5,13H,2-4H2,1H3,(H,12,14). The van der Waals surface area contributed by atoms with Crippen LogP contribution in [-0.2, 0) is 14.8 Å². The van der Waals surface area contributed by atoms with Gasteiger partial charge >= 0.3 is 12.3 Å². The summed E-state index contributed by atoms with van der Waals surface area (Å²) in [6.45, 7) is -0.414. The van der Waals surface area contributed by atoms with Gasteiger partial charge in [0.25, 0.3) is 5.91 Å². The van der Waals surface area contributed by atoms with Crippen LogP contribution < -0.4 is 10.0 Å². The molecule has 0 unspecified atom stereocenters. The highest BCUT2D eigenvalue weighted by Gasteiger charge is 2.48. The van der Waals surface area contributed by atoms with Gasteiger partial charge in [0.1, 0.15) is 0 Å². The minimum Gasteiger partial charge on any atom is -0.351 e. The average molecular weight is 280 g/mol. The number of alkyl halides is 4. The number of hydrogen-bond donors (Lipinski definition) is 2. The number of rotatable bonds is 7. The van der Waals surface area contributed by atoms with Gasteiger partial charge in [-0.1, -0.05) is 0 Å². The fourth-order valence-electron chi connectivity index (χ4n) is 0.765. The Labute approximate surface area is 95.6 Å². The maximum atomic E-state index is 12.4. The van der Waals surface area contributed by atoms with Gasteiger partial charge in [-0.3, -0.25) is 4.79 Å². The normalized spacial score (nSPS) is 12.8. The van der Waals surface area contributed by atoms with E-state index in [9.17, 15) is 30.8 Å². The van der Waals surface area contributed by atoms with Gasteiger partial charge in [0, 0.05) is 13.1 Å². The van der Waals surface area contributed by atoms with Gasteiger partial charge in [0.15, 0.2) is 0 Å². The number of halogens is 4. The quantitative estimate of drug-likeness (QED) is 0.507. The van der Waals surface area contributed by atoms with Crippen molar-refractivity contribution in [2.75, 3.05) is 19.3 Å². The number of hydrogen-bond acceptors (Lipinski definition) is 3. The summed E-state index contributed by atoms with van der Waals surface area (Å²) in [4.78, 5) is 10.6. The molecule has 2 N–H and O–H groups in total. The predicted molar refractivity (Wildman–Crippen MR) is 51.4 cm³/mol. The Morgan fingerprint density at radius 2 is 1.82 bits per heavy atom. The molecule has 0 aromatic heterocycles. The third-order valence-electron chi connectivity index (χ3n) is 1.58. The minimum atomic E-state index is -4.73. The van der Waals surface area contributed by atoms with Crippen LogP contribution >= 0.6 is 0 Å². The van der Waals surface area contributed by atoms with Crippen molar-refractivity contribution in [2.45, 2.75) is 18.8 Å². The summed E-state index contributed by atoms with van der Waals surface area (Å²) < 4.78 is 71.3. The van der Waals surface area contributed by atoms with Crippen LogP contribution in [-0.4, -0.2) is 46.0 Å². The second-order valence-corrected chi connectivity index (χ2v) is 5.03. The van der Waals surface area contributed by atoms with Crippen molar-refractivity contribution in [1.82, 2.24) is 10.0 Å². The highest BCUT2D eigenvalue weighted by molar-refractivity contribution is 7.88. The van der Waals surface area contributed by atoms with Crippen LogP contribution in [0.25, 0.3) is 0 Å². The second-order valence-electron chi connectivity index (χ2n) is 3.20. The van der Waals surface area contributed by atoms with Crippen LogP contribution in [0.3, 0.4) is 0 Å². The molecule has 0 aliphatic heterocycles. The number of carbonyl (C=O) groups is 1. The van der Waals surface area contributed by atoms with E-state index < -0.39 is 28.3 Å². The maximum absolute atomic E-state index is 12.4. The molecule has 0 saturated carbocycles. The number of carbonyl (C=O) groups excluding carboxylic acids is 1. The van der Waals surface area contributed by atoms with Crippen LogP contribution in [0.1, 0.15) is 6.42 Å². The van der Waals surface area contributed by atoms with E-state index in [1.807, 2.05) is 4.72 Å². The highest BCUT2D eigenvalue weighted by Crippen LogP contribution is 2.22. The molecule has 0 aliphatic carbocycles. The van der Waals surface area contributed by atoms with E-state index in [-0.39, 0.29) is 19.5 Å². The molecule has 1 amide bonds. The summed E-state index contributed by atoms with van der Waals surface area (Å²) in [5.41, 5.74) is 0. The summed E-state index contributed by atoms with van der Waals surface area (Å²) in [7, 11) is -3.40. The molecule has 102 valence electrons. The van der Waals surface area contributed by atoms with Crippen LogP contribution in [0.2, 0.25) is 0 Å². The molecular formula is C7H12F4N2O3S. The first-order valence-corrected chi connectivity index (χ1v) is 6.35. The van der Waals surface area contributed by atoms with Crippen molar-refractivity contribution in [3.8, 4) is 0 Å². The fourth-order valence-corrected chi connectivity index (χ4v) is 1.28. The molecule has 0 heterocycles. The number of sulfonamides is 1. The fraction of sp³-hybridized carbons (Fsp3) is 0.857. The van der Waals surface area contributed by atoms with E-state index in [0.29, 0.717) is 0 Å². The van der Waals surface area contributed by atoms with Crippen molar-refractivity contribution in [1.29, 1.82) is 0 Å². The van der Waals surface area contributed by atoms with E-state index >= 15 is 0 Å². The van der Waals surface area contributed by atoms with E-state index in [0.717, 1.165) is 6.26 Å². The zero-order chi connectivity index (χ0) is 13.7. The van der Waals surface area contributed by atoms with Crippen LogP contribution in [0.4, 0.5) is 17.6 Å². The molecule has 5 nitrogen and oxygen atoms in total. The SMILES string of the molecule is CS(=O)(=O)NCCCNC(=O)C(F)(F)C(F)F.